The Morgan fingerprint density at radius 1 is 1.20 bits per heavy atom. The lowest BCUT2D eigenvalue weighted by atomic mass is 10.2. The van der Waals surface area contributed by atoms with E-state index >= 15 is 0 Å². The third kappa shape index (κ3) is 9.79. The number of hydrogen-bond acceptors (Lipinski definition) is 5. The molecular formula is C15H26IN5O4. The van der Waals surface area contributed by atoms with Crippen LogP contribution in [0.5, 0.6) is 0 Å². The molecule has 1 aromatic rings. The predicted molar refractivity (Wildman–Crippen MR) is 105 cm³/mol. The van der Waals surface area contributed by atoms with Crippen LogP contribution in [0.3, 0.4) is 0 Å². The first kappa shape index (κ1) is 23.0. The molecular weight excluding hydrogens is 441 g/mol. The van der Waals surface area contributed by atoms with Gasteiger partial charge in [-0.05, 0) is 32.9 Å². The van der Waals surface area contributed by atoms with Gasteiger partial charge in [-0.25, -0.2) is 4.79 Å². The minimum Gasteiger partial charge on any atom is -0.454 e. The first-order chi connectivity index (χ1) is 11.2. The van der Waals surface area contributed by atoms with Gasteiger partial charge in [0.25, 0.3) is 5.91 Å². The predicted octanol–water partition coefficient (Wildman–Crippen LogP) is 1.19. The molecule has 0 aliphatic carbocycles. The molecule has 0 aliphatic rings. The third-order valence-corrected chi connectivity index (χ3v) is 2.64. The molecule has 142 valence electrons. The van der Waals surface area contributed by atoms with Crippen LogP contribution < -0.4 is 21.7 Å². The molecule has 25 heavy (non-hydrogen) atoms. The van der Waals surface area contributed by atoms with Crippen molar-refractivity contribution < 1.29 is 18.7 Å². The van der Waals surface area contributed by atoms with Gasteiger partial charge in [-0.1, -0.05) is 0 Å². The highest BCUT2D eigenvalue weighted by atomic mass is 127. The summed E-state index contributed by atoms with van der Waals surface area (Å²) in [6.07, 6.45) is -0.471. The summed E-state index contributed by atoms with van der Waals surface area (Å²) >= 11 is 0. The van der Waals surface area contributed by atoms with Crippen LogP contribution in [-0.4, -0.2) is 43.7 Å². The van der Waals surface area contributed by atoms with Crippen molar-refractivity contribution in [1.82, 2.24) is 16.0 Å². The van der Waals surface area contributed by atoms with Crippen molar-refractivity contribution in [3.63, 3.8) is 0 Å². The van der Waals surface area contributed by atoms with Crippen LogP contribution >= 0.6 is 24.0 Å². The average Bonchev–Trinajstić information content (AvgIpc) is 2.93. The van der Waals surface area contributed by atoms with Crippen molar-refractivity contribution in [2.24, 2.45) is 10.7 Å². The number of carbonyl (C=O) groups excluding carboxylic acids is 2. The molecule has 0 saturated heterocycles. The monoisotopic (exact) mass is 467 g/mol. The zero-order valence-corrected chi connectivity index (χ0v) is 17.2. The van der Waals surface area contributed by atoms with E-state index in [1.807, 2.05) is 0 Å². The second-order valence-electron chi connectivity index (χ2n) is 5.91. The van der Waals surface area contributed by atoms with E-state index in [0.717, 1.165) is 0 Å². The van der Waals surface area contributed by atoms with E-state index in [4.69, 9.17) is 14.9 Å². The molecule has 0 saturated carbocycles. The summed E-state index contributed by atoms with van der Waals surface area (Å²) in [5.41, 5.74) is 4.59. The lowest BCUT2D eigenvalue weighted by Gasteiger charge is -2.19. The number of primary amides is 1. The zero-order chi connectivity index (χ0) is 18.2. The molecule has 1 heterocycles. The third-order valence-electron chi connectivity index (χ3n) is 2.64. The molecule has 0 radical (unpaired) electrons. The largest absolute Gasteiger partial charge is 0.454 e. The number of rotatable bonds is 6. The molecule has 2 amide bonds. The van der Waals surface area contributed by atoms with Crippen molar-refractivity contribution in [3.05, 3.63) is 23.7 Å². The summed E-state index contributed by atoms with van der Waals surface area (Å²) in [4.78, 5) is 26.5. The Balaban J connectivity index is 0.00000576. The molecule has 9 nitrogen and oxygen atoms in total. The SMILES string of the molecule is CN=C(NCCNC(=O)OC(C)(C)C)NCc1ccc(C(N)=O)o1.I. The van der Waals surface area contributed by atoms with Crippen molar-refractivity contribution >= 4 is 41.9 Å². The highest BCUT2D eigenvalue weighted by Gasteiger charge is 2.15. The van der Waals surface area contributed by atoms with Crippen molar-refractivity contribution in [2.75, 3.05) is 20.1 Å². The Kier molecular flexibility index (Phi) is 9.94. The molecule has 1 rings (SSSR count). The van der Waals surface area contributed by atoms with Crippen LogP contribution in [0, 0.1) is 0 Å². The van der Waals surface area contributed by atoms with E-state index in [-0.39, 0.29) is 29.7 Å². The number of amides is 2. The van der Waals surface area contributed by atoms with Crippen LogP contribution in [0.1, 0.15) is 37.1 Å². The standard InChI is InChI=1S/C15H25N5O4.HI/c1-15(2,3)24-14(22)19-8-7-18-13(17-4)20-9-10-5-6-11(23-10)12(16)21;/h5-6H,7-9H2,1-4H3,(H2,16,21)(H,19,22)(H2,17,18,20);1H. The molecule has 0 bridgehead atoms. The fourth-order valence-electron chi connectivity index (χ4n) is 1.66. The molecule has 1 aromatic heterocycles. The Labute approximate surface area is 164 Å². The lowest BCUT2D eigenvalue weighted by Crippen LogP contribution is -2.42. The first-order valence-electron chi connectivity index (χ1n) is 7.51. The molecule has 10 heteroatoms. The maximum atomic E-state index is 11.5. The number of aliphatic imine (C=N–C) groups is 1. The number of nitrogens with one attached hydrogen (secondary N) is 3. The van der Waals surface area contributed by atoms with E-state index in [1.54, 1.807) is 33.9 Å². The van der Waals surface area contributed by atoms with Gasteiger partial charge < -0.3 is 30.8 Å². The topological polar surface area (TPSA) is 131 Å². The van der Waals surface area contributed by atoms with E-state index in [2.05, 4.69) is 20.9 Å². The maximum absolute atomic E-state index is 11.5. The van der Waals surface area contributed by atoms with Gasteiger partial charge in [-0.15, -0.1) is 24.0 Å². The minimum atomic E-state index is -0.614. The smallest absolute Gasteiger partial charge is 0.407 e. The number of alkyl carbamates (subject to hydrolysis) is 1. The van der Waals surface area contributed by atoms with Crippen molar-refractivity contribution in [2.45, 2.75) is 32.9 Å². The second kappa shape index (κ2) is 10.8. The number of carbonyl (C=O) groups is 2. The van der Waals surface area contributed by atoms with Gasteiger partial charge in [0.2, 0.25) is 0 Å². The van der Waals surface area contributed by atoms with Gasteiger partial charge >= 0.3 is 6.09 Å². The van der Waals surface area contributed by atoms with Gasteiger partial charge in [-0.3, -0.25) is 9.79 Å². The maximum Gasteiger partial charge on any atom is 0.407 e. The van der Waals surface area contributed by atoms with E-state index < -0.39 is 17.6 Å². The van der Waals surface area contributed by atoms with Crippen LogP contribution in [0.15, 0.2) is 21.5 Å². The summed E-state index contributed by atoms with van der Waals surface area (Å²) in [5, 5.41) is 8.67. The number of ether oxygens (including phenoxy) is 1. The van der Waals surface area contributed by atoms with Crippen molar-refractivity contribution in [3.8, 4) is 0 Å². The molecule has 0 spiro atoms. The quantitative estimate of drug-likeness (QED) is 0.215. The van der Waals surface area contributed by atoms with Gasteiger partial charge in [0.05, 0.1) is 6.54 Å². The number of hydrogen-bond donors (Lipinski definition) is 4. The Morgan fingerprint density at radius 2 is 1.84 bits per heavy atom. The molecule has 0 aromatic carbocycles. The van der Waals surface area contributed by atoms with E-state index in [9.17, 15) is 9.59 Å². The fourth-order valence-corrected chi connectivity index (χ4v) is 1.66. The molecule has 0 atom stereocenters. The first-order valence-corrected chi connectivity index (χ1v) is 7.51. The van der Waals surface area contributed by atoms with Gasteiger partial charge in [-0.2, -0.15) is 0 Å². The minimum absolute atomic E-state index is 0. The molecule has 5 N–H and O–H groups in total. The van der Waals surface area contributed by atoms with Crippen LogP contribution in [0.4, 0.5) is 4.79 Å². The number of halogens is 1. The van der Waals surface area contributed by atoms with Gasteiger partial charge in [0, 0.05) is 20.1 Å². The number of nitrogens with zero attached hydrogens (tertiary/aromatic N) is 1. The van der Waals surface area contributed by atoms with Crippen LogP contribution in [0.25, 0.3) is 0 Å². The number of nitrogens with two attached hydrogens (primary N) is 1. The fraction of sp³-hybridized carbons (Fsp3) is 0.533. The Morgan fingerprint density at radius 3 is 2.36 bits per heavy atom. The van der Waals surface area contributed by atoms with E-state index in [1.165, 1.54) is 6.07 Å². The summed E-state index contributed by atoms with van der Waals surface area (Å²) in [7, 11) is 1.62. The summed E-state index contributed by atoms with van der Waals surface area (Å²) in [6, 6.07) is 3.17. The highest BCUT2D eigenvalue weighted by molar-refractivity contribution is 14.0. The average molecular weight is 467 g/mol. The van der Waals surface area contributed by atoms with Crippen LogP contribution in [-0.2, 0) is 11.3 Å². The lowest BCUT2D eigenvalue weighted by molar-refractivity contribution is 0.0528. The Hall–Kier alpha value is -1.98. The molecule has 0 fully saturated rings. The zero-order valence-electron chi connectivity index (χ0n) is 14.8. The Bertz CT molecular complexity index is 595. The number of guanidine groups is 1. The van der Waals surface area contributed by atoms with Crippen LogP contribution in [0.2, 0.25) is 0 Å². The summed E-state index contributed by atoms with van der Waals surface area (Å²) < 4.78 is 10.4. The summed E-state index contributed by atoms with van der Waals surface area (Å²) in [5.74, 6) is 0.574. The highest BCUT2D eigenvalue weighted by Crippen LogP contribution is 2.07. The van der Waals surface area contributed by atoms with Gasteiger partial charge in [0.15, 0.2) is 11.7 Å². The molecule has 0 unspecified atom stereocenters. The second-order valence-corrected chi connectivity index (χ2v) is 5.91. The van der Waals surface area contributed by atoms with Crippen molar-refractivity contribution in [1.29, 1.82) is 0 Å². The normalized spacial score (nSPS) is 11.3. The number of furan rings is 1. The molecule has 0 aliphatic heterocycles. The summed E-state index contributed by atoms with van der Waals surface area (Å²) in [6.45, 7) is 6.58. The van der Waals surface area contributed by atoms with Gasteiger partial charge in [0.1, 0.15) is 11.4 Å². The van der Waals surface area contributed by atoms with E-state index in [0.29, 0.717) is 31.4 Å².